The fraction of sp³-hybridized carbons (Fsp3) is 0.440. The van der Waals surface area contributed by atoms with Gasteiger partial charge in [-0.05, 0) is 38.0 Å². The highest BCUT2D eigenvalue weighted by Gasteiger charge is 2.31. The molecule has 1 aromatic carbocycles. The van der Waals surface area contributed by atoms with Gasteiger partial charge in [0.15, 0.2) is 0 Å². The number of hydrogen-bond acceptors (Lipinski definition) is 7. The van der Waals surface area contributed by atoms with Crippen LogP contribution in [0.1, 0.15) is 40.5 Å². The first-order chi connectivity index (χ1) is 17.0. The van der Waals surface area contributed by atoms with Crippen LogP contribution >= 0.6 is 0 Å². The number of aromatic nitrogens is 1. The second-order valence-corrected chi connectivity index (χ2v) is 8.58. The molecule has 2 N–H and O–H groups in total. The average molecular weight is 484 g/mol. The normalized spacial score (nSPS) is 16.6. The third-order valence-corrected chi connectivity index (χ3v) is 6.29. The van der Waals surface area contributed by atoms with Crippen LogP contribution in [0, 0.1) is 11.7 Å². The van der Waals surface area contributed by atoms with Crippen LogP contribution in [0.2, 0.25) is 0 Å². The molecule has 0 radical (unpaired) electrons. The zero-order valence-electron chi connectivity index (χ0n) is 19.8. The molecule has 2 aliphatic rings. The Kier molecular flexibility index (Phi) is 7.91. The maximum Gasteiger partial charge on any atom is 0.309 e. The van der Waals surface area contributed by atoms with Gasteiger partial charge in [-0.1, -0.05) is 12.1 Å². The van der Waals surface area contributed by atoms with Gasteiger partial charge in [0.1, 0.15) is 11.6 Å². The summed E-state index contributed by atoms with van der Waals surface area (Å²) in [6, 6.07) is 7.31. The topological polar surface area (TPSA) is 104 Å². The number of esters is 1. The molecule has 2 amide bonds. The third kappa shape index (κ3) is 5.76. The Morgan fingerprint density at radius 2 is 1.83 bits per heavy atom. The minimum absolute atomic E-state index is 0.0902. The van der Waals surface area contributed by atoms with Crippen LogP contribution in [0.4, 0.5) is 15.9 Å². The van der Waals surface area contributed by atoms with Gasteiger partial charge >= 0.3 is 5.97 Å². The Morgan fingerprint density at radius 1 is 1.11 bits per heavy atom. The number of piperazine rings is 1. The van der Waals surface area contributed by atoms with Crippen molar-refractivity contribution in [2.24, 2.45) is 5.92 Å². The number of piperidine rings is 1. The van der Waals surface area contributed by atoms with Gasteiger partial charge in [-0.15, -0.1) is 0 Å². The van der Waals surface area contributed by atoms with Crippen molar-refractivity contribution >= 4 is 29.3 Å². The van der Waals surface area contributed by atoms with Crippen molar-refractivity contribution in [1.29, 1.82) is 0 Å². The first-order valence-electron chi connectivity index (χ1n) is 12.0. The standard InChI is InChI=1S/C25H30FN5O4/c1-2-35-25(34)17-7-11-31(12-8-17)24(33)20-15-18(16-28-22(20)30-13-9-27-10-14-30)29-23(32)19-5-3-4-6-21(19)26/h3-6,15-17,27H,2,7-14H2,1H3,(H,29,32). The van der Waals surface area contributed by atoms with E-state index in [1.807, 2.05) is 4.90 Å². The van der Waals surface area contributed by atoms with E-state index in [-0.39, 0.29) is 23.4 Å². The van der Waals surface area contributed by atoms with E-state index >= 15 is 0 Å². The number of benzene rings is 1. The van der Waals surface area contributed by atoms with Crippen LogP contribution in [-0.2, 0) is 9.53 Å². The largest absolute Gasteiger partial charge is 0.466 e. The number of anilines is 2. The molecule has 2 saturated heterocycles. The summed E-state index contributed by atoms with van der Waals surface area (Å²) >= 11 is 0. The summed E-state index contributed by atoms with van der Waals surface area (Å²) in [7, 11) is 0. The lowest BCUT2D eigenvalue weighted by molar-refractivity contribution is -0.149. The monoisotopic (exact) mass is 483 g/mol. The van der Waals surface area contributed by atoms with Gasteiger partial charge in [-0.3, -0.25) is 14.4 Å². The van der Waals surface area contributed by atoms with Crippen LogP contribution in [0.5, 0.6) is 0 Å². The lowest BCUT2D eigenvalue weighted by Crippen LogP contribution is -2.45. The third-order valence-electron chi connectivity index (χ3n) is 6.29. The van der Waals surface area contributed by atoms with E-state index in [1.165, 1.54) is 24.4 Å². The van der Waals surface area contributed by atoms with Crippen LogP contribution in [0.25, 0.3) is 0 Å². The second-order valence-electron chi connectivity index (χ2n) is 8.58. The van der Waals surface area contributed by atoms with Gasteiger partial charge in [-0.25, -0.2) is 9.37 Å². The summed E-state index contributed by atoms with van der Waals surface area (Å²) in [5.74, 6) is -1.34. The first kappa shape index (κ1) is 24.6. The summed E-state index contributed by atoms with van der Waals surface area (Å²) in [5, 5.41) is 5.94. The predicted molar refractivity (Wildman–Crippen MR) is 129 cm³/mol. The van der Waals surface area contributed by atoms with Gasteiger partial charge in [0.2, 0.25) is 0 Å². The summed E-state index contributed by atoms with van der Waals surface area (Å²) in [4.78, 5) is 46.6. The molecule has 1 aromatic heterocycles. The van der Waals surface area contributed by atoms with Crippen LogP contribution in [0.3, 0.4) is 0 Å². The number of halogens is 1. The number of nitrogens with zero attached hydrogens (tertiary/aromatic N) is 3. The molecule has 0 bridgehead atoms. The van der Waals surface area contributed by atoms with Gasteiger partial charge < -0.3 is 25.2 Å². The SMILES string of the molecule is CCOC(=O)C1CCN(C(=O)c2cc(NC(=O)c3ccccc3F)cnc2N2CCNCC2)CC1. The Balaban J connectivity index is 1.56. The fourth-order valence-corrected chi connectivity index (χ4v) is 4.40. The highest BCUT2D eigenvalue weighted by Crippen LogP contribution is 2.27. The lowest BCUT2D eigenvalue weighted by Gasteiger charge is -2.33. The number of amides is 2. The van der Waals surface area contributed by atoms with Gasteiger partial charge in [-0.2, -0.15) is 0 Å². The molecule has 35 heavy (non-hydrogen) atoms. The van der Waals surface area contributed by atoms with Crippen LogP contribution in [-0.4, -0.2) is 73.5 Å². The summed E-state index contributed by atoms with van der Waals surface area (Å²) < 4.78 is 19.2. The molecule has 4 rings (SSSR count). The molecular formula is C25H30FN5O4. The smallest absolute Gasteiger partial charge is 0.309 e. The van der Waals surface area contributed by atoms with Crippen molar-refractivity contribution in [1.82, 2.24) is 15.2 Å². The molecule has 2 fully saturated rings. The number of pyridine rings is 1. The number of rotatable bonds is 6. The maximum absolute atomic E-state index is 14.1. The van der Waals surface area contributed by atoms with Crippen molar-refractivity contribution in [2.45, 2.75) is 19.8 Å². The van der Waals surface area contributed by atoms with Crippen LogP contribution < -0.4 is 15.5 Å². The van der Waals surface area contributed by atoms with Crippen molar-refractivity contribution in [2.75, 3.05) is 56.1 Å². The molecule has 0 saturated carbocycles. The Labute approximate surface area is 203 Å². The van der Waals surface area contributed by atoms with Crippen molar-refractivity contribution in [3.05, 3.63) is 53.5 Å². The zero-order chi connectivity index (χ0) is 24.8. The Bertz CT molecular complexity index is 1080. The predicted octanol–water partition coefficient (Wildman–Crippen LogP) is 2.30. The fourth-order valence-electron chi connectivity index (χ4n) is 4.40. The van der Waals surface area contributed by atoms with Gasteiger partial charge in [0.25, 0.3) is 11.8 Å². The van der Waals surface area contributed by atoms with Gasteiger partial charge in [0, 0.05) is 39.3 Å². The highest BCUT2D eigenvalue weighted by molar-refractivity contribution is 6.06. The summed E-state index contributed by atoms with van der Waals surface area (Å²) in [6.07, 6.45) is 2.55. The molecule has 9 nitrogen and oxygen atoms in total. The quantitative estimate of drug-likeness (QED) is 0.608. The molecule has 2 aliphatic heterocycles. The number of ether oxygens (including phenoxy) is 1. The molecule has 0 atom stereocenters. The molecule has 0 aliphatic carbocycles. The Morgan fingerprint density at radius 3 is 2.51 bits per heavy atom. The summed E-state index contributed by atoms with van der Waals surface area (Å²) in [6.45, 7) is 5.89. The van der Waals surface area contributed by atoms with E-state index in [9.17, 15) is 18.8 Å². The van der Waals surface area contributed by atoms with E-state index in [1.54, 1.807) is 24.0 Å². The van der Waals surface area contributed by atoms with Crippen molar-refractivity contribution in [3.63, 3.8) is 0 Å². The lowest BCUT2D eigenvalue weighted by atomic mass is 9.96. The number of likely N-dealkylation sites (tertiary alicyclic amines) is 1. The molecule has 3 heterocycles. The second kappa shape index (κ2) is 11.3. The number of carbonyl (C=O) groups excluding carboxylic acids is 3. The first-order valence-corrected chi connectivity index (χ1v) is 12.0. The summed E-state index contributed by atoms with van der Waals surface area (Å²) in [5.41, 5.74) is 0.585. The minimum atomic E-state index is -0.629. The van der Waals surface area contributed by atoms with E-state index in [2.05, 4.69) is 15.6 Å². The molecule has 0 spiro atoms. The van der Waals surface area contributed by atoms with E-state index in [4.69, 9.17) is 4.74 Å². The molecule has 186 valence electrons. The van der Waals surface area contributed by atoms with Crippen molar-refractivity contribution < 1.29 is 23.5 Å². The minimum Gasteiger partial charge on any atom is -0.466 e. The van der Waals surface area contributed by atoms with E-state index < -0.39 is 11.7 Å². The zero-order valence-corrected chi connectivity index (χ0v) is 19.8. The molecule has 10 heteroatoms. The molecule has 0 unspecified atom stereocenters. The van der Waals surface area contributed by atoms with Gasteiger partial charge in [0.05, 0.1) is 35.5 Å². The molecular weight excluding hydrogens is 453 g/mol. The van der Waals surface area contributed by atoms with E-state index in [0.29, 0.717) is 62.7 Å². The number of hydrogen-bond donors (Lipinski definition) is 2. The van der Waals surface area contributed by atoms with E-state index in [0.717, 1.165) is 13.1 Å². The Hall–Kier alpha value is -3.53. The highest BCUT2D eigenvalue weighted by atomic mass is 19.1. The van der Waals surface area contributed by atoms with Crippen LogP contribution in [0.15, 0.2) is 36.5 Å². The average Bonchev–Trinajstić information content (AvgIpc) is 2.89. The number of nitrogens with one attached hydrogen (secondary N) is 2. The molecule has 2 aromatic rings. The van der Waals surface area contributed by atoms with Crippen molar-refractivity contribution in [3.8, 4) is 0 Å². The maximum atomic E-state index is 14.1. The number of carbonyl (C=O) groups is 3.